The van der Waals surface area contributed by atoms with Gasteiger partial charge in [0, 0.05) is 12.8 Å². The minimum absolute atomic E-state index is 0.0126. The standard InChI is InChI=1S/C48H78N2O8/c1-25(7-13-41(55)56)31-9-11-33-43-35(23-39(53)47(31,33)5)45(3)17-15-29(51)19-27(45)21-37(43)49-50-38-22-28-20-30(52)16-18-46(28,4)36-24-40(54)48(6)32(10-12-34(48)44(36)38)26(2)8-14-42(57)58/h25-40,43-44,51-54H,7-24H2,1-6H3,(H,55,56)(H,57,58)/t25-,26-,27+,28+,29-,30-,31-,32-,33+,34+,35+,36+,37-,38+,39+,40+,43+,44+,45+,46+,47-,48-/m1/s1. The number of azo groups is 1. The molecule has 58 heavy (non-hydrogen) atoms. The molecule has 8 rings (SSSR count). The number of hydrogen-bond acceptors (Lipinski definition) is 8. The van der Waals surface area contributed by atoms with Crippen molar-refractivity contribution < 1.29 is 40.2 Å². The van der Waals surface area contributed by atoms with E-state index in [4.69, 9.17) is 10.2 Å². The Bertz CT molecular complexity index is 1460. The maximum atomic E-state index is 12.3. The normalized spacial score (nSPS) is 53.3. The Balaban J connectivity index is 1.15. The van der Waals surface area contributed by atoms with Gasteiger partial charge in [-0.2, -0.15) is 10.2 Å². The van der Waals surface area contributed by atoms with Crippen LogP contribution in [0.2, 0.25) is 0 Å². The van der Waals surface area contributed by atoms with Crippen molar-refractivity contribution in [3.8, 4) is 0 Å². The van der Waals surface area contributed by atoms with E-state index < -0.39 is 24.1 Å². The molecule has 0 radical (unpaired) electrons. The summed E-state index contributed by atoms with van der Waals surface area (Å²) in [5, 5.41) is 77.0. The fourth-order valence-corrected chi connectivity index (χ4v) is 17.8. The van der Waals surface area contributed by atoms with Crippen molar-refractivity contribution in [2.45, 2.75) is 194 Å². The van der Waals surface area contributed by atoms with E-state index in [0.29, 0.717) is 24.7 Å². The molecule has 0 aromatic heterocycles. The van der Waals surface area contributed by atoms with Gasteiger partial charge < -0.3 is 30.6 Å². The van der Waals surface area contributed by atoms with Crippen LogP contribution in [0.25, 0.3) is 0 Å². The highest BCUT2D eigenvalue weighted by atomic mass is 16.4. The lowest BCUT2D eigenvalue weighted by molar-refractivity contribution is -0.184. The molecule has 0 heterocycles. The maximum absolute atomic E-state index is 12.3. The average Bonchev–Trinajstić information content (AvgIpc) is 3.72. The molecule has 8 aliphatic rings. The molecule has 6 N–H and O–H groups in total. The van der Waals surface area contributed by atoms with Crippen molar-refractivity contribution in [3.05, 3.63) is 0 Å². The van der Waals surface area contributed by atoms with Crippen molar-refractivity contribution in [1.82, 2.24) is 0 Å². The number of carbonyl (C=O) groups is 2. The number of hydrogen-bond donors (Lipinski definition) is 6. The van der Waals surface area contributed by atoms with Gasteiger partial charge in [-0.1, -0.05) is 41.5 Å². The van der Waals surface area contributed by atoms with E-state index in [9.17, 15) is 40.2 Å². The van der Waals surface area contributed by atoms with Crippen LogP contribution in [0.4, 0.5) is 0 Å². The predicted octanol–water partition coefficient (Wildman–Crippen LogP) is 8.38. The van der Waals surface area contributed by atoms with E-state index in [1.165, 1.54) is 0 Å². The monoisotopic (exact) mass is 811 g/mol. The summed E-state index contributed by atoms with van der Waals surface area (Å²) >= 11 is 0. The van der Waals surface area contributed by atoms with Crippen molar-refractivity contribution in [2.75, 3.05) is 0 Å². The molecule has 8 fully saturated rings. The quantitative estimate of drug-likeness (QED) is 0.119. The van der Waals surface area contributed by atoms with E-state index in [0.717, 1.165) is 89.9 Å². The van der Waals surface area contributed by atoms with Gasteiger partial charge in [0.1, 0.15) is 0 Å². The highest BCUT2D eigenvalue weighted by Crippen LogP contribution is 2.71. The third kappa shape index (κ3) is 6.76. The number of nitrogens with zero attached hydrogens (tertiary/aromatic N) is 2. The summed E-state index contributed by atoms with van der Waals surface area (Å²) in [6.07, 6.45) is 12.3. The molecule has 0 aromatic rings. The first kappa shape index (κ1) is 43.0. The lowest BCUT2D eigenvalue weighted by Gasteiger charge is -2.64. The van der Waals surface area contributed by atoms with Crippen molar-refractivity contribution >= 4 is 11.9 Å². The third-order valence-corrected chi connectivity index (χ3v) is 21.0. The van der Waals surface area contributed by atoms with Crippen LogP contribution < -0.4 is 0 Å². The van der Waals surface area contributed by atoms with E-state index in [1.54, 1.807) is 0 Å². The highest BCUT2D eigenvalue weighted by molar-refractivity contribution is 5.66. The van der Waals surface area contributed by atoms with Gasteiger partial charge in [0.15, 0.2) is 0 Å². The zero-order valence-electron chi connectivity index (χ0n) is 36.5. The van der Waals surface area contributed by atoms with Gasteiger partial charge in [0.05, 0.1) is 36.5 Å². The number of aliphatic carboxylic acids is 2. The van der Waals surface area contributed by atoms with Gasteiger partial charge in [-0.3, -0.25) is 9.59 Å². The lowest BCUT2D eigenvalue weighted by atomic mass is 9.42. The lowest BCUT2D eigenvalue weighted by Crippen LogP contribution is -2.62. The van der Waals surface area contributed by atoms with Gasteiger partial charge in [-0.05, 0) is 195 Å². The molecule has 0 saturated heterocycles. The molecule has 0 spiro atoms. The summed E-state index contributed by atoms with van der Waals surface area (Å²) in [4.78, 5) is 23.3. The Morgan fingerprint density at radius 1 is 0.552 bits per heavy atom. The number of aliphatic hydroxyl groups is 4. The zero-order valence-corrected chi connectivity index (χ0v) is 36.5. The van der Waals surface area contributed by atoms with Crippen LogP contribution in [0.15, 0.2) is 10.2 Å². The van der Waals surface area contributed by atoms with Crippen LogP contribution in [0, 0.1) is 92.7 Å². The van der Waals surface area contributed by atoms with E-state index in [2.05, 4.69) is 41.5 Å². The molecule has 8 aliphatic carbocycles. The van der Waals surface area contributed by atoms with Crippen molar-refractivity contribution in [3.63, 3.8) is 0 Å². The molecule has 0 amide bonds. The largest absolute Gasteiger partial charge is 0.481 e. The van der Waals surface area contributed by atoms with Gasteiger partial charge in [0.25, 0.3) is 0 Å². The Kier molecular flexibility index (Phi) is 11.6. The minimum Gasteiger partial charge on any atom is -0.481 e. The summed E-state index contributed by atoms with van der Waals surface area (Å²) < 4.78 is 0. The smallest absolute Gasteiger partial charge is 0.303 e. The van der Waals surface area contributed by atoms with Crippen LogP contribution in [0.5, 0.6) is 0 Å². The first-order chi connectivity index (χ1) is 27.3. The first-order valence-electron chi connectivity index (χ1n) is 23.9. The number of fused-ring (bicyclic) bond motifs is 10. The van der Waals surface area contributed by atoms with E-state index in [1.807, 2.05) is 0 Å². The summed E-state index contributed by atoms with van der Waals surface area (Å²) in [7, 11) is 0. The van der Waals surface area contributed by atoms with E-state index >= 15 is 0 Å². The molecular formula is C48H78N2O8. The Hall–Kier alpha value is -1.62. The number of aliphatic hydroxyl groups excluding tert-OH is 4. The number of carboxylic acid groups (broad SMARTS) is 2. The van der Waals surface area contributed by atoms with Gasteiger partial charge in [-0.25, -0.2) is 0 Å². The number of carboxylic acids is 2. The number of rotatable bonds is 10. The van der Waals surface area contributed by atoms with Gasteiger partial charge in [-0.15, -0.1) is 0 Å². The Labute approximate surface area is 347 Å². The summed E-state index contributed by atoms with van der Waals surface area (Å²) in [6, 6.07) is -0.0372. The predicted molar refractivity (Wildman–Crippen MR) is 220 cm³/mol. The molecule has 10 heteroatoms. The second kappa shape index (κ2) is 15.6. The molecule has 10 nitrogen and oxygen atoms in total. The van der Waals surface area contributed by atoms with Gasteiger partial charge in [0.2, 0.25) is 0 Å². The molecule has 8 saturated carbocycles. The maximum Gasteiger partial charge on any atom is 0.303 e. The Morgan fingerprint density at radius 2 is 0.931 bits per heavy atom. The minimum atomic E-state index is -0.761. The molecular weight excluding hydrogens is 733 g/mol. The molecule has 328 valence electrons. The topological polar surface area (TPSA) is 180 Å². The summed E-state index contributed by atoms with van der Waals surface area (Å²) in [6.45, 7) is 13.9. The highest BCUT2D eigenvalue weighted by Gasteiger charge is 2.68. The SMILES string of the molecule is C[C@H](CCC(=O)O)[C@H]1CC[C@H]2[C@@H]3[C@@H](N=N[C@@H]4C[C@@H]5C[C@H](O)CC[C@]5(C)[C@H]5C[C@H](O)[C@]6(C)[C@@H]([C@H](C)CCC(=O)O)CC[C@H]6[C@H]45)C[C@@H]4C[C@H](O)CC[C@]4(C)[C@H]3C[C@H](O)[C@]12C. The third-order valence-electron chi connectivity index (χ3n) is 21.0. The first-order valence-corrected chi connectivity index (χ1v) is 23.9. The average molecular weight is 811 g/mol. The van der Waals surface area contributed by atoms with E-state index in [-0.39, 0.29) is 118 Å². The van der Waals surface area contributed by atoms with Crippen LogP contribution in [0.3, 0.4) is 0 Å². The molecule has 22 atom stereocenters. The second-order valence-electron chi connectivity index (χ2n) is 23.1. The molecule has 0 aliphatic heterocycles. The van der Waals surface area contributed by atoms with Crippen LogP contribution in [-0.4, -0.2) is 79.1 Å². The van der Waals surface area contributed by atoms with Gasteiger partial charge >= 0.3 is 11.9 Å². The fourth-order valence-electron chi connectivity index (χ4n) is 17.8. The molecule has 0 aromatic carbocycles. The second-order valence-corrected chi connectivity index (χ2v) is 23.1. The zero-order chi connectivity index (χ0) is 41.7. The van der Waals surface area contributed by atoms with Crippen LogP contribution >= 0.6 is 0 Å². The summed E-state index contributed by atoms with van der Waals surface area (Å²) in [5.74, 6) is 1.57. The van der Waals surface area contributed by atoms with Crippen molar-refractivity contribution in [2.24, 2.45) is 103 Å². The van der Waals surface area contributed by atoms with Crippen LogP contribution in [0.1, 0.15) is 157 Å². The fraction of sp³-hybridized carbons (Fsp3) is 0.958. The molecule has 0 unspecified atom stereocenters. The summed E-state index contributed by atoms with van der Waals surface area (Å²) in [5.41, 5.74) is -0.618. The van der Waals surface area contributed by atoms with Crippen LogP contribution in [-0.2, 0) is 9.59 Å². The Morgan fingerprint density at radius 3 is 1.29 bits per heavy atom. The van der Waals surface area contributed by atoms with Crippen molar-refractivity contribution in [1.29, 1.82) is 0 Å². The molecule has 0 bridgehead atoms.